The van der Waals surface area contributed by atoms with Gasteiger partial charge in [-0.3, -0.25) is 9.59 Å². The van der Waals surface area contributed by atoms with Crippen LogP contribution in [-0.2, 0) is 4.79 Å². The van der Waals surface area contributed by atoms with E-state index in [1.54, 1.807) is 0 Å². The summed E-state index contributed by atoms with van der Waals surface area (Å²) in [4.78, 5) is 24.0. The number of carboxylic acids is 1. The molecule has 2 atom stereocenters. The van der Waals surface area contributed by atoms with Gasteiger partial charge >= 0.3 is 5.97 Å². The average Bonchev–Trinajstić information content (AvgIpc) is 2.66. The third kappa shape index (κ3) is 5.02. The van der Waals surface area contributed by atoms with Gasteiger partial charge in [0.25, 0.3) is 5.91 Å². The number of anilines is 1. The predicted molar refractivity (Wildman–Crippen MR) is 105 cm³/mol. The van der Waals surface area contributed by atoms with E-state index < -0.39 is 29.4 Å². The van der Waals surface area contributed by atoms with Crippen molar-refractivity contribution in [1.82, 2.24) is 0 Å². The molecule has 2 aromatic carbocycles. The van der Waals surface area contributed by atoms with Gasteiger partial charge in [-0.15, -0.1) is 11.8 Å². The first-order chi connectivity index (χ1) is 13.3. The molecule has 0 radical (unpaired) electrons. The Kier molecular flexibility index (Phi) is 6.57. The maximum atomic E-state index is 14.2. The van der Waals surface area contributed by atoms with E-state index in [1.165, 1.54) is 42.1 Å². The van der Waals surface area contributed by atoms with Crippen molar-refractivity contribution in [2.24, 2.45) is 5.92 Å². The fourth-order valence-corrected chi connectivity index (χ4v) is 4.70. The van der Waals surface area contributed by atoms with Crippen LogP contribution < -0.4 is 5.32 Å². The second-order valence-corrected chi connectivity index (χ2v) is 8.42. The Bertz CT molecular complexity index is 909. The van der Waals surface area contributed by atoms with Crippen molar-refractivity contribution in [1.29, 1.82) is 0 Å². The van der Waals surface area contributed by atoms with Gasteiger partial charge in [-0.05, 0) is 55.7 Å². The summed E-state index contributed by atoms with van der Waals surface area (Å²) in [6.07, 6.45) is 2.70. The maximum absolute atomic E-state index is 14.2. The van der Waals surface area contributed by atoms with E-state index >= 15 is 0 Å². The first kappa shape index (κ1) is 20.6. The number of carbonyl (C=O) groups excluding carboxylic acids is 1. The number of thioether (sulfide) groups is 1. The number of benzene rings is 2. The molecule has 3 rings (SSSR count). The minimum Gasteiger partial charge on any atom is -0.481 e. The van der Waals surface area contributed by atoms with Gasteiger partial charge in [-0.2, -0.15) is 0 Å². The molecule has 1 fully saturated rings. The molecule has 0 spiro atoms. The smallest absolute Gasteiger partial charge is 0.306 e. The molecule has 2 N–H and O–H groups in total. The topological polar surface area (TPSA) is 66.4 Å². The van der Waals surface area contributed by atoms with Crippen molar-refractivity contribution in [2.45, 2.75) is 35.8 Å². The largest absolute Gasteiger partial charge is 0.481 e. The van der Waals surface area contributed by atoms with Gasteiger partial charge in [0.2, 0.25) is 0 Å². The Labute approximate surface area is 170 Å². The van der Waals surface area contributed by atoms with E-state index in [4.69, 9.17) is 11.6 Å². The molecule has 0 bridgehead atoms. The van der Waals surface area contributed by atoms with Gasteiger partial charge in [0.15, 0.2) is 0 Å². The third-order valence-electron chi connectivity index (χ3n) is 4.64. The van der Waals surface area contributed by atoms with Gasteiger partial charge in [0, 0.05) is 21.4 Å². The first-order valence-electron chi connectivity index (χ1n) is 8.79. The van der Waals surface area contributed by atoms with Gasteiger partial charge < -0.3 is 10.4 Å². The average molecular weight is 426 g/mol. The van der Waals surface area contributed by atoms with Gasteiger partial charge in [0.1, 0.15) is 11.6 Å². The molecule has 1 aliphatic rings. The van der Waals surface area contributed by atoms with Crippen molar-refractivity contribution in [3.63, 3.8) is 0 Å². The highest BCUT2D eigenvalue weighted by Gasteiger charge is 2.28. The number of amides is 1. The van der Waals surface area contributed by atoms with Crippen LogP contribution >= 0.6 is 23.4 Å². The molecule has 8 heteroatoms. The Morgan fingerprint density at radius 1 is 1.11 bits per heavy atom. The number of aliphatic carboxylic acids is 1. The Balaban J connectivity index is 1.72. The number of carboxylic acid groups (broad SMARTS) is 1. The summed E-state index contributed by atoms with van der Waals surface area (Å²) in [5.41, 5.74) is 0.571. The first-order valence-corrected chi connectivity index (χ1v) is 10.0. The van der Waals surface area contributed by atoms with Crippen LogP contribution in [0.2, 0.25) is 5.02 Å². The number of carbonyl (C=O) groups is 2. The predicted octanol–water partition coefficient (Wildman–Crippen LogP) is 5.61. The van der Waals surface area contributed by atoms with E-state index in [1.807, 2.05) is 0 Å². The van der Waals surface area contributed by atoms with Crippen LogP contribution in [-0.4, -0.2) is 22.2 Å². The van der Waals surface area contributed by atoms with Crippen LogP contribution in [0.3, 0.4) is 0 Å². The van der Waals surface area contributed by atoms with Gasteiger partial charge in [0.05, 0.1) is 10.9 Å². The number of halogens is 3. The molecule has 4 nitrogen and oxygen atoms in total. The SMILES string of the molecule is O=C(Nc1ccc(F)c(Cl)c1)c1ccc(F)c(S[C@@H]2CCC[C@H](C(=O)O)C2)c1. The maximum Gasteiger partial charge on any atom is 0.306 e. The minimum absolute atomic E-state index is 0.0152. The van der Waals surface area contributed by atoms with Crippen LogP contribution in [0.1, 0.15) is 36.0 Å². The lowest BCUT2D eigenvalue weighted by atomic mass is 9.89. The van der Waals surface area contributed by atoms with Crippen molar-refractivity contribution in [2.75, 3.05) is 5.32 Å². The quantitative estimate of drug-likeness (QED) is 0.653. The molecule has 0 aliphatic heterocycles. The van der Waals surface area contributed by atoms with E-state index in [2.05, 4.69) is 5.32 Å². The molecule has 148 valence electrons. The lowest BCUT2D eigenvalue weighted by Crippen LogP contribution is -2.24. The third-order valence-corrected chi connectivity index (χ3v) is 6.26. The Morgan fingerprint density at radius 2 is 1.86 bits per heavy atom. The summed E-state index contributed by atoms with van der Waals surface area (Å²) in [5.74, 6) is -2.76. The summed E-state index contributed by atoms with van der Waals surface area (Å²) < 4.78 is 27.5. The number of hydrogen-bond acceptors (Lipinski definition) is 3. The summed E-state index contributed by atoms with van der Waals surface area (Å²) in [7, 11) is 0. The second-order valence-electron chi connectivity index (χ2n) is 6.67. The molecule has 1 aliphatic carbocycles. The molecule has 0 saturated heterocycles. The second kappa shape index (κ2) is 8.92. The fraction of sp³-hybridized carbons (Fsp3) is 0.300. The van der Waals surface area contributed by atoms with Crippen molar-refractivity contribution in [3.8, 4) is 0 Å². The van der Waals surface area contributed by atoms with E-state index in [0.29, 0.717) is 23.4 Å². The lowest BCUT2D eigenvalue weighted by Gasteiger charge is -2.26. The minimum atomic E-state index is -0.822. The fourth-order valence-electron chi connectivity index (χ4n) is 3.17. The van der Waals surface area contributed by atoms with Crippen molar-refractivity contribution >= 4 is 40.9 Å². The summed E-state index contributed by atoms with van der Waals surface area (Å²) >= 11 is 6.98. The summed E-state index contributed by atoms with van der Waals surface area (Å²) in [6.45, 7) is 0. The zero-order chi connectivity index (χ0) is 20.3. The molecule has 1 saturated carbocycles. The molecule has 2 aromatic rings. The Hall–Kier alpha value is -2.12. The van der Waals surface area contributed by atoms with E-state index in [0.717, 1.165) is 18.9 Å². The molecular formula is C20H18ClF2NO3S. The monoisotopic (exact) mass is 425 g/mol. The lowest BCUT2D eigenvalue weighted by molar-refractivity contribution is -0.142. The van der Waals surface area contributed by atoms with Crippen molar-refractivity contribution in [3.05, 3.63) is 58.6 Å². The molecule has 1 amide bonds. The zero-order valence-electron chi connectivity index (χ0n) is 14.8. The van der Waals surface area contributed by atoms with E-state index in [9.17, 15) is 23.5 Å². The number of nitrogens with one attached hydrogen (secondary N) is 1. The summed E-state index contributed by atoms with van der Waals surface area (Å²) in [6, 6.07) is 7.85. The van der Waals surface area contributed by atoms with Crippen LogP contribution in [0.5, 0.6) is 0 Å². The van der Waals surface area contributed by atoms with Gasteiger partial charge in [-0.25, -0.2) is 8.78 Å². The summed E-state index contributed by atoms with van der Waals surface area (Å²) in [5, 5.41) is 11.7. The molecule has 0 aromatic heterocycles. The number of hydrogen-bond donors (Lipinski definition) is 2. The van der Waals surface area contributed by atoms with Crippen molar-refractivity contribution < 1.29 is 23.5 Å². The van der Waals surface area contributed by atoms with Gasteiger partial charge in [-0.1, -0.05) is 18.0 Å². The van der Waals surface area contributed by atoms with E-state index in [-0.39, 0.29) is 15.8 Å². The van der Waals surface area contributed by atoms with Crippen LogP contribution in [0.4, 0.5) is 14.5 Å². The number of rotatable bonds is 5. The molecule has 28 heavy (non-hydrogen) atoms. The highest BCUT2D eigenvalue weighted by molar-refractivity contribution is 8.00. The molecular weight excluding hydrogens is 408 g/mol. The highest BCUT2D eigenvalue weighted by Crippen LogP contribution is 2.37. The van der Waals surface area contributed by atoms with Crippen LogP contribution in [0.25, 0.3) is 0 Å². The highest BCUT2D eigenvalue weighted by atomic mass is 35.5. The van der Waals surface area contributed by atoms with Crippen LogP contribution in [0.15, 0.2) is 41.3 Å². The normalized spacial score (nSPS) is 19.2. The standard InChI is InChI=1S/C20H18ClF2NO3S/c21-15-10-13(5-7-16(15)22)24-19(25)11-4-6-17(23)18(9-11)28-14-3-1-2-12(8-14)20(26)27/h4-7,9-10,12,14H,1-3,8H2,(H,24,25)(H,26,27)/t12-,14+/m0/s1. The molecule has 0 unspecified atom stereocenters. The Morgan fingerprint density at radius 3 is 2.57 bits per heavy atom. The molecule has 0 heterocycles. The zero-order valence-corrected chi connectivity index (χ0v) is 16.3. The van der Waals surface area contributed by atoms with Crippen LogP contribution in [0, 0.1) is 17.6 Å².